The van der Waals surface area contributed by atoms with Crippen molar-refractivity contribution in [2.24, 2.45) is 22.8 Å². The highest BCUT2D eigenvalue weighted by molar-refractivity contribution is 4.89. The van der Waals surface area contributed by atoms with Gasteiger partial charge < -0.3 is 20.9 Å². The summed E-state index contributed by atoms with van der Waals surface area (Å²) in [5.41, 5.74) is 12.5. The zero-order valence-corrected chi connectivity index (χ0v) is 17.3. The third-order valence-electron chi connectivity index (χ3n) is 7.13. The molecule has 4 nitrogen and oxygen atoms in total. The van der Waals surface area contributed by atoms with Gasteiger partial charge in [0, 0.05) is 12.1 Å². The van der Waals surface area contributed by atoms with E-state index in [9.17, 15) is 0 Å². The Morgan fingerprint density at radius 1 is 0.615 bits per heavy atom. The fraction of sp³-hybridized carbons (Fsp3) is 1.00. The third kappa shape index (κ3) is 5.67. The Morgan fingerprint density at radius 2 is 1.08 bits per heavy atom. The lowest BCUT2D eigenvalue weighted by atomic mass is 9.70. The molecule has 26 heavy (non-hydrogen) atoms. The Bertz CT molecular complexity index is 420. The molecule has 152 valence electrons. The van der Waals surface area contributed by atoms with Gasteiger partial charge in [0.25, 0.3) is 0 Å². The van der Waals surface area contributed by atoms with Gasteiger partial charge in [-0.2, -0.15) is 0 Å². The summed E-state index contributed by atoms with van der Waals surface area (Å²) in [4.78, 5) is 0. The van der Waals surface area contributed by atoms with Gasteiger partial charge in [-0.05, 0) is 82.0 Å². The average Bonchev–Trinajstić information content (AvgIpc) is 2.59. The summed E-state index contributed by atoms with van der Waals surface area (Å²) >= 11 is 0. The number of rotatable bonds is 4. The van der Waals surface area contributed by atoms with Crippen molar-refractivity contribution in [3.05, 3.63) is 0 Å². The molecule has 0 heterocycles. The smallest absolute Gasteiger partial charge is 0.0843 e. The van der Waals surface area contributed by atoms with Crippen LogP contribution in [0.15, 0.2) is 0 Å². The van der Waals surface area contributed by atoms with Gasteiger partial charge in [0.1, 0.15) is 0 Å². The molecular formula is C22H42N2O2. The fourth-order valence-electron chi connectivity index (χ4n) is 5.13. The standard InChI is InChI=1S/C22H42N2O2/c1-22(2,3)15-4-13-20(25-18-9-5-16(23)6-10-18)21(14-15)26-19-11-7-17(24)8-12-19/h15-21H,4-14,23-24H2,1-3H3. The van der Waals surface area contributed by atoms with Crippen LogP contribution < -0.4 is 11.5 Å². The molecule has 0 aliphatic heterocycles. The Hall–Kier alpha value is -0.160. The molecule has 0 amide bonds. The lowest BCUT2D eigenvalue weighted by Crippen LogP contribution is -2.46. The number of hydrogen-bond acceptors (Lipinski definition) is 4. The Kier molecular flexibility index (Phi) is 7.04. The molecule has 0 aromatic rings. The number of ether oxygens (including phenoxy) is 2. The molecule has 3 rings (SSSR count). The Balaban J connectivity index is 1.59. The van der Waals surface area contributed by atoms with Gasteiger partial charge in [0.2, 0.25) is 0 Å². The van der Waals surface area contributed by atoms with Gasteiger partial charge in [0.15, 0.2) is 0 Å². The summed E-state index contributed by atoms with van der Waals surface area (Å²) in [6.45, 7) is 7.12. The first kappa shape index (κ1) is 20.6. The van der Waals surface area contributed by atoms with Gasteiger partial charge in [-0.25, -0.2) is 0 Å². The van der Waals surface area contributed by atoms with Crippen molar-refractivity contribution in [1.29, 1.82) is 0 Å². The van der Waals surface area contributed by atoms with E-state index in [1.54, 1.807) is 0 Å². The van der Waals surface area contributed by atoms with Crippen LogP contribution in [-0.4, -0.2) is 36.5 Å². The molecule has 0 bridgehead atoms. The van der Waals surface area contributed by atoms with E-state index < -0.39 is 0 Å². The Morgan fingerprint density at radius 3 is 1.54 bits per heavy atom. The monoisotopic (exact) mass is 366 g/mol. The minimum Gasteiger partial charge on any atom is -0.372 e. The normalized spacial score (nSPS) is 42.6. The van der Waals surface area contributed by atoms with E-state index in [-0.39, 0.29) is 12.2 Å². The minimum atomic E-state index is 0.253. The van der Waals surface area contributed by atoms with Crippen LogP contribution in [0.2, 0.25) is 0 Å². The van der Waals surface area contributed by atoms with Crippen LogP contribution in [-0.2, 0) is 9.47 Å². The minimum absolute atomic E-state index is 0.253. The second-order valence-corrected chi connectivity index (χ2v) is 10.3. The van der Waals surface area contributed by atoms with Crippen molar-refractivity contribution in [2.75, 3.05) is 0 Å². The molecule has 3 fully saturated rings. The number of hydrogen-bond donors (Lipinski definition) is 2. The van der Waals surface area contributed by atoms with Crippen molar-refractivity contribution in [3.8, 4) is 0 Å². The van der Waals surface area contributed by atoms with E-state index in [4.69, 9.17) is 20.9 Å². The van der Waals surface area contributed by atoms with Crippen molar-refractivity contribution >= 4 is 0 Å². The summed E-state index contributed by atoms with van der Waals surface area (Å²) in [7, 11) is 0. The van der Waals surface area contributed by atoms with Crippen molar-refractivity contribution in [2.45, 2.75) is 128 Å². The predicted molar refractivity (Wildman–Crippen MR) is 107 cm³/mol. The van der Waals surface area contributed by atoms with Crippen LogP contribution in [0.25, 0.3) is 0 Å². The molecule has 3 aliphatic rings. The van der Waals surface area contributed by atoms with Gasteiger partial charge in [0.05, 0.1) is 24.4 Å². The maximum Gasteiger partial charge on any atom is 0.0843 e. The molecule has 3 unspecified atom stereocenters. The quantitative estimate of drug-likeness (QED) is 0.784. The zero-order chi connectivity index (χ0) is 18.7. The largest absolute Gasteiger partial charge is 0.372 e. The molecule has 4 heteroatoms. The summed E-state index contributed by atoms with van der Waals surface area (Å²) in [6.07, 6.45) is 13.7. The molecule has 0 radical (unpaired) electrons. The van der Waals surface area contributed by atoms with Crippen molar-refractivity contribution < 1.29 is 9.47 Å². The van der Waals surface area contributed by atoms with Crippen LogP contribution >= 0.6 is 0 Å². The molecule has 0 spiro atoms. The first-order chi connectivity index (χ1) is 12.3. The van der Waals surface area contributed by atoms with Gasteiger partial charge >= 0.3 is 0 Å². The summed E-state index contributed by atoms with van der Waals surface area (Å²) in [6, 6.07) is 0.756. The summed E-state index contributed by atoms with van der Waals surface area (Å²) in [5, 5.41) is 0. The maximum absolute atomic E-state index is 6.68. The molecule has 3 atom stereocenters. The first-order valence-corrected chi connectivity index (χ1v) is 11.1. The van der Waals surface area contributed by atoms with Crippen LogP contribution in [0.3, 0.4) is 0 Å². The predicted octanol–water partition coefficient (Wildman–Crippen LogP) is 4.14. The van der Waals surface area contributed by atoms with E-state index in [1.165, 1.54) is 6.42 Å². The fourth-order valence-corrected chi connectivity index (χ4v) is 5.13. The first-order valence-electron chi connectivity index (χ1n) is 11.1. The van der Waals surface area contributed by atoms with Crippen LogP contribution in [0.5, 0.6) is 0 Å². The van der Waals surface area contributed by atoms with Crippen LogP contribution in [0, 0.1) is 11.3 Å². The topological polar surface area (TPSA) is 70.5 Å². The summed E-state index contributed by atoms with van der Waals surface area (Å²) in [5.74, 6) is 0.720. The zero-order valence-electron chi connectivity index (χ0n) is 17.3. The average molecular weight is 367 g/mol. The van der Waals surface area contributed by atoms with Gasteiger partial charge in [-0.3, -0.25) is 0 Å². The van der Waals surface area contributed by atoms with Gasteiger partial charge in [-0.1, -0.05) is 20.8 Å². The summed E-state index contributed by atoms with van der Waals surface area (Å²) < 4.78 is 13.3. The lowest BCUT2D eigenvalue weighted by molar-refractivity contribution is -0.162. The second-order valence-electron chi connectivity index (χ2n) is 10.3. The highest BCUT2D eigenvalue weighted by atomic mass is 16.6. The lowest BCUT2D eigenvalue weighted by Gasteiger charge is -2.44. The molecule has 0 aromatic heterocycles. The van der Waals surface area contributed by atoms with Crippen molar-refractivity contribution in [1.82, 2.24) is 0 Å². The molecule has 3 aliphatic carbocycles. The molecule has 0 aromatic carbocycles. The van der Waals surface area contributed by atoms with E-state index in [0.717, 1.165) is 70.1 Å². The van der Waals surface area contributed by atoms with E-state index in [0.29, 0.717) is 29.7 Å². The third-order valence-corrected chi connectivity index (χ3v) is 7.13. The number of nitrogens with two attached hydrogens (primary N) is 2. The highest BCUT2D eigenvalue weighted by Gasteiger charge is 2.39. The van der Waals surface area contributed by atoms with Gasteiger partial charge in [-0.15, -0.1) is 0 Å². The van der Waals surface area contributed by atoms with E-state index in [2.05, 4.69) is 20.8 Å². The van der Waals surface area contributed by atoms with Crippen molar-refractivity contribution in [3.63, 3.8) is 0 Å². The maximum atomic E-state index is 6.68. The van der Waals surface area contributed by atoms with Crippen LogP contribution in [0.4, 0.5) is 0 Å². The highest BCUT2D eigenvalue weighted by Crippen LogP contribution is 2.41. The molecule has 4 N–H and O–H groups in total. The second kappa shape index (κ2) is 8.89. The SMILES string of the molecule is CC(C)(C)C1CCC(OC2CCC(N)CC2)C(OC2CCC(N)CC2)C1. The molecular weight excluding hydrogens is 324 g/mol. The molecule has 3 saturated carbocycles. The van der Waals surface area contributed by atoms with E-state index >= 15 is 0 Å². The van der Waals surface area contributed by atoms with E-state index in [1.807, 2.05) is 0 Å². The molecule has 0 saturated heterocycles. The van der Waals surface area contributed by atoms with Crippen LogP contribution in [0.1, 0.15) is 91.4 Å². The Labute approximate surface area is 160 Å².